The van der Waals surface area contributed by atoms with E-state index in [0.717, 1.165) is 32.1 Å². The minimum atomic E-state index is -4.45. The van der Waals surface area contributed by atoms with E-state index in [1.165, 1.54) is 13.5 Å². The molecule has 0 saturated carbocycles. The molecule has 0 aromatic carbocycles. The summed E-state index contributed by atoms with van der Waals surface area (Å²) in [5.41, 5.74) is 0. The smallest absolute Gasteiger partial charge is 0.305 e. The van der Waals surface area contributed by atoms with Crippen LogP contribution in [-0.2, 0) is 19.6 Å². The van der Waals surface area contributed by atoms with Gasteiger partial charge in [-0.15, -0.1) is 0 Å². The number of hydrogen-bond acceptors (Lipinski definition) is 6. The molecular formula is C19H38O7S. The van der Waals surface area contributed by atoms with Gasteiger partial charge in [0.25, 0.3) is 10.1 Å². The molecule has 0 amide bonds. The topological polar surface area (TPSA) is 121 Å². The molecule has 0 bridgehead atoms. The maximum atomic E-state index is 11.6. The SMILES string of the molecule is CCCCCCCCC(O)C(O)C(CCCCCCC(=O)OC)S(=O)(=O)O. The predicted molar refractivity (Wildman–Crippen MR) is 105 cm³/mol. The average Bonchev–Trinajstić information content (AvgIpc) is 2.61. The van der Waals surface area contributed by atoms with E-state index in [9.17, 15) is 28.0 Å². The van der Waals surface area contributed by atoms with E-state index in [4.69, 9.17) is 0 Å². The van der Waals surface area contributed by atoms with Gasteiger partial charge in [0, 0.05) is 6.42 Å². The normalized spacial score (nSPS) is 15.3. The number of methoxy groups -OCH3 is 1. The van der Waals surface area contributed by atoms with Gasteiger partial charge in [0.1, 0.15) is 5.25 Å². The fourth-order valence-corrected chi connectivity index (χ4v) is 4.12. The Bertz CT molecular complexity index is 478. The molecule has 3 N–H and O–H groups in total. The fraction of sp³-hybridized carbons (Fsp3) is 0.947. The maximum absolute atomic E-state index is 11.6. The molecule has 0 radical (unpaired) electrons. The number of unbranched alkanes of at least 4 members (excludes halogenated alkanes) is 8. The lowest BCUT2D eigenvalue weighted by molar-refractivity contribution is -0.140. The van der Waals surface area contributed by atoms with Crippen LogP contribution in [0.5, 0.6) is 0 Å². The van der Waals surface area contributed by atoms with Gasteiger partial charge < -0.3 is 14.9 Å². The van der Waals surface area contributed by atoms with Crippen molar-refractivity contribution >= 4 is 16.1 Å². The molecule has 0 fully saturated rings. The first-order chi connectivity index (χ1) is 12.7. The number of carbonyl (C=O) groups is 1. The Morgan fingerprint density at radius 1 is 0.889 bits per heavy atom. The molecule has 3 atom stereocenters. The Morgan fingerprint density at radius 2 is 1.41 bits per heavy atom. The van der Waals surface area contributed by atoms with Gasteiger partial charge in [0.15, 0.2) is 0 Å². The van der Waals surface area contributed by atoms with Crippen LogP contribution < -0.4 is 0 Å². The lowest BCUT2D eigenvalue weighted by atomic mass is 9.99. The summed E-state index contributed by atoms with van der Waals surface area (Å²) in [6.07, 6.45) is 6.74. The van der Waals surface area contributed by atoms with Crippen molar-refractivity contribution in [2.75, 3.05) is 7.11 Å². The minimum Gasteiger partial charge on any atom is -0.469 e. The second-order valence-corrected chi connectivity index (χ2v) is 8.83. The van der Waals surface area contributed by atoms with Crippen LogP contribution >= 0.6 is 0 Å². The van der Waals surface area contributed by atoms with E-state index < -0.39 is 27.6 Å². The lowest BCUT2D eigenvalue weighted by Gasteiger charge is -2.24. The molecule has 0 heterocycles. The van der Waals surface area contributed by atoms with Crippen molar-refractivity contribution in [3.05, 3.63) is 0 Å². The third-order valence-corrected chi connectivity index (χ3v) is 6.14. The first-order valence-corrected chi connectivity index (χ1v) is 11.6. The van der Waals surface area contributed by atoms with E-state index in [1.807, 2.05) is 0 Å². The van der Waals surface area contributed by atoms with Crippen LogP contribution in [-0.4, -0.2) is 53.7 Å². The molecule has 0 aliphatic carbocycles. The summed E-state index contributed by atoms with van der Waals surface area (Å²) in [6.45, 7) is 2.13. The third-order valence-electron chi connectivity index (χ3n) is 4.86. The molecule has 0 aliphatic rings. The van der Waals surface area contributed by atoms with E-state index in [-0.39, 0.29) is 12.4 Å². The molecule has 27 heavy (non-hydrogen) atoms. The van der Waals surface area contributed by atoms with E-state index in [2.05, 4.69) is 11.7 Å². The van der Waals surface area contributed by atoms with Gasteiger partial charge in [-0.3, -0.25) is 9.35 Å². The van der Waals surface area contributed by atoms with Crippen LogP contribution in [0.3, 0.4) is 0 Å². The lowest BCUT2D eigenvalue weighted by Crippen LogP contribution is -2.42. The Labute approximate surface area is 164 Å². The first-order valence-electron chi connectivity index (χ1n) is 10.1. The first kappa shape index (κ1) is 26.3. The van der Waals surface area contributed by atoms with Crippen molar-refractivity contribution in [2.24, 2.45) is 0 Å². The monoisotopic (exact) mass is 410 g/mol. The summed E-state index contributed by atoms with van der Waals surface area (Å²) in [5, 5.41) is 18.9. The highest BCUT2D eigenvalue weighted by molar-refractivity contribution is 7.86. The zero-order valence-corrected chi connectivity index (χ0v) is 17.6. The summed E-state index contributed by atoms with van der Waals surface area (Å²) in [7, 11) is -3.12. The highest BCUT2D eigenvalue weighted by Crippen LogP contribution is 2.20. The standard InChI is InChI=1S/C19H38O7S/c1-3-4-5-6-7-10-13-16(20)19(22)17(27(23,24)25)14-11-8-9-12-15-18(21)26-2/h16-17,19-20,22H,3-15H2,1-2H3,(H,23,24,25). The van der Waals surface area contributed by atoms with Crippen LogP contribution in [0.1, 0.15) is 90.4 Å². The van der Waals surface area contributed by atoms with Crippen molar-refractivity contribution in [1.82, 2.24) is 0 Å². The molecular weight excluding hydrogens is 372 g/mol. The third kappa shape index (κ3) is 13.2. The molecule has 0 saturated heterocycles. The highest BCUT2D eigenvalue weighted by atomic mass is 32.2. The zero-order chi connectivity index (χ0) is 20.7. The van der Waals surface area contributed by atoms with E-state index in [0.29, 0.717) is 38.5 Å². The molecule has 0 aromatic heterocycles. The molecule has 0 spiro atoms. The summed E-state index contributed by atoms with van der Waals surface area (Å²) < 4.78 is 37.2. The van der Waals surface area contributed by atoms with Crippen LogP contribution in [0.25, 0.3) is 0 Å². The predicted octanol–water partition coefficient (Wildman–Crippen LogP) is 3.23. The molecule has 0 aromatic rings. The van der Waals surface area contributed by atoms with Crippen molar-refractivity contribution in [2.45, 2.75) is 108 Å². The van der Waals surface area contributed by atoms with Crippen LogP contribution in [0.15, 0.2) is 0 Å². The molecule has 0 aliphatic heterocycles. The van der Waals surface area contributed by atoms with Gasteiger partial charge in [-0.2, -0.15) is 8.42 Å². The Morgan fingerprint density at radius 3 is 1.96 bits per heavy atom. The second kappa shape index (κ2) is 15.2. The Balaban J connectivity index is 4.24. The van der Waals surface area contributed by atoms with Gasteiger partial charge in [0.05, 0.1) is 19.3 Å². The Kier molecular flexibility index (Phi) is 14.9. The number of carbonyl (C=O) groups excluding carboxylic acids is 1. The van der Waals surface area contributed by atoms with Crippen molar-refractivity contribution in [1.29, 1.82) is 0 Å². The number of hydrogen-bond donors (Lipinski definition) is 3. The Hall–Kier alpha value is -0.700. The number of aliphatic hydroxyl groups is 2. The summed E-state index contributed by atoms with van der Waals surface area (Å²) in [6, 6.07) is 0. The van der Waals surface area contributed by atoms with Crippen LogP contribution in [0.2, 0.25) is 0 Å². The van der Waals surface area contributed by atoms with Crippen molar-refractivity contribution in [3.63, 3.8) is 0 Å². The summed E-state index contributed by atoms with van der Waals surface area (Å²) >= 11 is 0. The van der Waals surface area contributed by atoms with Gasteiger partial charge in [-0.05, 0) is 19.3 Å². The zero-order valence-electron chi connectivity index (χ0n) is 16.8. The van der Waals surface area contributed by atoms with Crippen LogP contribution in [0.4, 0.5) is 0 Å². The van der Waals surface area contributed by atoms with Gasteiger partial charge in [-0.25, -0.2) is 0 Å². The fourth-order valence-electron chi connectivity index (χ4n) is 3.12. The summed E-state index contributed by atoms with van der Waals surface area (Å²) in [5.74, 6) is -0.279. The number of esters is 1. The largest absolute Gasteiger partial charge is 0.469 e. The molecule has 8 heteroatoms. The molecule has 3 unspecified atom stereocenters. The van der Waals surface area contributed by atoms with Crippen LogP contribution in [0, 0.1) is 0 Å². The minimum absolute atomic E-state index is 0.0752. The van der Waals surface area contributed by atoms with Gasteiger partial charge in [0.2, 0.25) is 0 Å². The number of aliphatic hydroxyl groups excluding tert-OH is 2. The second-order valence-electron chi connectivity index (χ2n) is 7.20. The number of ether oxygens (including phenoxy) is 1. The van der Waals surface area contributed by atoms with E-state index in [1.54, 1.807) is 0 Å². The van der Waals surface area contributed by atoms with Crippen molar-refractivity contribution < 1.29 is 32.7 Å². The maximum Gasteiger partial charge on any atom is 0.305 e. The highest BCUT2D eigenvalue weighted by Gasteiger charge is 2.34. The van der Waals surface area contributed by atoms with Crippen molar-refractivity contribution in [3.8, 4) is 0 Å². The number of rotatable bonds is 17. The van der Waals surface area contributed by atoms with Gasteiger partial charge in [-0.1, -0.05) is 64.7 Å². The molecule has 7 nitrogen and oxygen atoms in total. The molecule has 162 valence electrons. The molecule has 0 rings (SSSR count). The quantitative estimate of drug-likeness (QED) is 0.191. The van der Waals surface area contributed by atoms with E-state index >= 15 is 0 Å². The summed E-state index contributed by atoms with van der Waals surface area (Å²) in [4.78, 5) is 11.0. The average molecular weight is 411 g/mol. The van der Waals surface area contributed by atoms with Gasteiger partial charge >= 0.3 is 5.97 Å².